The number of likely N-dealkylation sites (tertiary alicyclic amines) is 1. The molecule has 2 fully saturated rings. The van der Waals surface area contributed by atoms with Crippen molar-refractivity contribution in [3.63, 3.8) is 0 Å². The van der Waals surface area contributed by atoms with Crippen molar-refractivity contribution in [2.24, 2.45) is 0 Å². The Morgan fingerprint density at radius 2 is 2.05 bits per heavy atom. The van der Waals surface area contributed by atoms with E-state index in [1.807, 2.05) is 25.1 Å². The molecule has 0 unspecified atom stereocenters. The summed E-state index contributed by atoms with van der Waals surface area (Å²) in [6.07, 6.45) is -3.48. The number of alkyl halides is 3. The number of carbonyl (C=O) groups is 1. The van der Waals surface area contributed by atoms with E-state index in [0.717, 1.165) is 35.2 Å². The molecular weight excluding hydrogens is 583 g/mol. The largest absolute Gasteiger partial charge is 0.465 e. The van der Waals surface area contributed by atoms with Gasteiger partial charge in [-0.25, -0.2) is 14.8 Å². The lowest BCUT2D eigenvalue weighted by Crippen LogP contribution is -2.48. The number of benzene rings is 1. The van der Waals surface area contributed by atoms with Gasteiger partial charge in [0.05, 0.1) is 45.4 Å². The Morgan fingerprint density at radius 1 is 1.24 bits per heavy atom. The van der Waals surface area contributed by atoms with Gasteiger partial charge in [-0.2, -0.15) is 23.8 Å². The third-order valence-corrected chi connectivity index (χ3v) is 10.8. The summed E-state index contributed by atoms with van der Waals surface area (Å²) in [6.45, 7) is 3.25. The maximum atomic E-state index is 14.0. The minimum atomic E-state index is -4.73. The number of piperazine rings is 1. The van der Waals surface area contributed by atoms with Crippen molar-refractivity contribution in [1.29, 1.82) is 0 Å². The summed E-state index contributed by atoms with van der Waals surface area (Å²) in [4.78, 5) is 24.1. The number of carboxylic acid groups (broad SMARTS) is 1. The smallest absolute Gasteiger partial charge is 0.420 e. The molecule has 0 spiro atoms. The molecular formula is C26H28F3N5O5S2. The number of amides is 1. The Bertz CT molecular complexity index is 1500. The molecule has 4 N–H and O–H groups in total. The van der Waals surface area contributed by atoms with Crippen LogP contribution in [-0.4, -0.2) is 72.7 Å². The van der Waals surface area contributed by atoms with Crippen molar-refractivity contribution in [2.75, 3.05) is 35.7 Å². The standard InChI is InChI=1S/C26H28F3N5O5S2/c1-2-14-7-15(33-11-17-8-16(33)12-34(17)25(35)36)3-4-19(14)31-24-30-10-18(26(27,28)29)23(32-24)20-9-22-21(40-20)13-39-5-6-41(22,37)38/h3-4,7,9-10,16-17,37-38H,2,5-6,8,11-13H2,1H3,(H,35,36)(H,30,31,32)/t16-,17-/m1/s1. The van der Waals surface area contributed by atoms with Crippen LogP contribution in [0.4, 0.5) is 35.3 Å². The summed E-state index contributed by atoms with van der Waals surface area (Å²) >= 11 is 0.993. The Labute approximate surface area is 239 Å². The van der Waals surface area contributed by atoms with Crippen LogP contribution in [0, 0.1) is 0 Å². The predicted molar refractivity (Wildman–Crippen MR) is 149 cm³/mol. The van der Waals surface area contributed by atoms with Gasteiger partial charge >= 0.3 is 12.3 Å². The van der Waals surface area contributed by atoms with Gasteiger partial charge in [-0.15, -0.1) is 11.3 Å². The van der Waals surface area contributed by atoms with E-state index in [1.54, 1.807) is 0 Å². The lowest BCUT2D eigenvalue weighted by Gasteiger charge is -2.34. The molecule has 220 valence electrons. The van der Waals surface area contributed by atoms with E-state index in [0.29, 0.717) is 30.1 Å². The van der Waals surface area contributed by atoms with E-state index >= 15 is 0 Å². The van der Waals surface area contributed by atoms with Gasteiger partial charge in [0.1, 0.15) is 5.56 Å². The first-order valence-corrected chi connectivity index (χ1v) is 15.5. The first-order valence-electron chi connectivity index (χ1n) is 13.0. The quantitative estimate of drug-likeness (QED) is 0.270. The monoisotopic (exact) mass is 611 g/mol. The van der Waals surface area contributed by atoms with Gasteiger partial charge in [0.25, 0.3) is 0 Å². The highest BCUT2D eigenvalue weighted by Gasteiger charge is 2.45. The zero-order valence-corrected chi connectivity index (χ0v) is 23.5. The van der Waals surface area contributed by atoms with Crippen molar-refractivity contribution in [1.82, 2.24) is 14.9 Å². The number of ether oxygens (including phenoxy) is 1. The maximum absolute atomic E-state index is 14.0. The third-order valence-electron chi connectivity index (χ3n) is 7.73. The van der Waals surface area contributed by atoms with E-state index in [9.17, 15) is 32.2 Å². The summed E-state index contributed by atoms with van der Waals surface area (Å²) in [6, 6.07) is 7.16. The molecule has 2 atom stereocenters. The zero-order chi connectivity index (χ0) is 29.1. The molecule has 10 nitrogen and oxygen atoms in total. The predicted octanol–water partition coefficient (Wildman–Crippen LogP) is 6.11. The number of anilines is 3. The Hall–Kier alpha value is -3.11. The minimum absolute atomic E-state index is 0.0225. The van der Waals surface area contributed by atoms with Gasteiger partial charge < -0.3 is 25.0 Å². The second-order valence-corrected chi connectivity index (χ2v) is 13.5. The van der Waals surface area contributed by atoms with Gasteiger partial charge in [-0.1, -0.05) is 6.92 Å². The first kappa shape index (κ1) is 28.0. The topological polar surface area (TPSA) is 131 Å². The molecule has 5 heterocycles. The maximum Gasteiger partial charge on any atom is 0.420 e. The fraction of sp³-hybridized carbons (Fsp3) is 0.423. The minimum Gasteiger partial charge on any atom is -0.465 e. The number of fused-ring (bicyclic) bond motifs is 3. The molecule has 2 aromatic heterocycles. The average Bonchev–Trinajstić information content (AvgIpc) is 3.64. The van der Waals surface area contributed by atoms with E-state index < -0.39 is 28.4 Å². The summed E-state index contributed by atoms with van der Waals surface area (Å²) in [5.41, 5.74) is 1.12. The Kier molecular flexibility index (Phi) is 7.05. The fourth-order valence-electron chi connectivity index (χ4n) is 5.70. The molecule has 41 heavy (non-hydrogen) atoms. The van der Waals surface area contributed by atoms with Crippen LogP contribution in [0.25, 0.3) is 10.6 Å². The van der Waals surface area contributed by atoms with Crippen LogP contribution in [-0.2, 0) is 23.9 Å². The van der Waals surface area contributed by atoms with Crippen LogP contribution >= 0.6 is 21.9 Å². The summed E-state index contributed by atoms with van der Waals surface area (Å²) in [5, 5.41) is 12.4. The van der Waals surface area contributed by atoms with E-state index in [-0.39, 0.29) is 52.5 Å². The molecule has 15 heteroatoms. The van der Waals surface area contributed by atoms with Gasteiger partial charge in [0.15, 0.2) is 0 Å². The van der Waals surface area contributed by atoms with Crippen LogP contribution in [0.15, 0.2) is 35.4 Å². The van der Waals surface area contributed by atoms with Crippen molar-refractivity contribution in [2.45, 2.75) is 49.5 Å². The molecule has 6 rings (SSSR count). The van der Waals surface area contributed by atoms with E-state index in [1.165, 1.54) is 11.0 Å². The van der Waals surface area contributed by atoms with Crippen molar-refractivity contribution in [3.05, 3.63) is 46.5 Å². The van der Waals surface area contributed by atoms with Gasteiger partial charge in [-0.3, -0.25) is 9.11 Å². The van der Waals surface area contributed by atoms with E-state index in [4.69, 9.17) is 4.74 Å². The van der Waals surface area contributed by atoms with Gasteiger partial charge in [0, 0.05) is 36.7 Å². The number of aryl methyl sites for hydroxylation is 1. The van der Waals surface area contributed by atoms with Crippen LogP contribution in [0.5, 0.6) is 0 Å². The second kappa shape index (κ2) is 10.3. The van der Waals surface area contributed by atoms with Gasteiger partial charge in [0.2, 0.25) is 5.95 Å². The lowest BCUT2D eigenvalue weighted by atomic mass is 10.1. The molecule has 2 saturated heterocycles. The number of nitrogens with zero attached hydrogens (tertiary/aromatic N) is 4. The zero-order valence-electron chi connectivity index (χ0n) is 21.9. The fourth-order valence-corrected chi connectivity index (χ4v) is 8.60. The van der Waals surface area contributed by atoms with Crippen molar-refractivity contribution >= 4 is 45.3 Å². The molecule has 3 aromatic rings. The van der Waals surface area contributed by atoms with Crippen LogP contribution in [0.1, 0.15) is 29.3 Å². The molecule has 3 aliphatic rings. The van der Waals surface area contributed by atoms with Crippen molar-refractivity contribution < 1.29 is 36.9 Å². The Balaban J connectivity index is 1.30. The summed E-state index contributed by atoms with van der Waals surface area (Å²) in [5.74, 6) is -0.0510. The van der Waals surface area contributed by atoms with E-state index in [2.05, 4.69) is 20.2 Å². The molecule has 2 bridgehead atoms. The highest BCUT2D eigenvalue weighted by molar-refractivity contribution is 8.24. The number of hydrogen-bond donors (Lipinski definition) is 4. The average molecular weight is 612 g/mol. The number of nitrogens with one attached hydrogen (secondary N) is 1. The number of halogens is 3. The Morgan fingerprint density at radius 3 is 2.73 bits per heavy atom. The summed E-state index contributed by atoms with van der Waals surface area (Å²) in [7, 11) is -3.19. The molecule has 0 aliphatic carbocycles. The number of aromatic nitrogens is 2. The molecule has 3 aliphatic heterocycles. The second-order valence-electron chi connectivity index (χ2n) is 10.2. The molecule has 0 saturated carbocycles. The molecule has 0 radical (unpaired) electrons. The lowest BCUT2D eigenvalue weighted by molar-refractivity contribution is -0.137. The normalized spacial score (nSPS) is 22.4. The first-order chi connectivity index (χ1) is 19.4. The van der Waals surface area contributed by atoms with Gasteiger partial charge in [-0.05, 0) is 42.7 Å². The third kappa shape index (κ3) is 5.20. The highest BCUT2D eigenvalue weighted by atomic mass is 32.3. The van der Waals surface area contributed by atoms with Crippen molar-refractivity contribution in [3.8, 4) is 10.6 Å². The number of rotatable bonds is 5. The highest BCUT2D eigenvalue weighted by Crippen LogP contribution is 2.55. The SMILES string of the molecule is CCc1cc(N2C[C@H]3C[C@@H]2CN3C(=O)O)ccc1Nc1ncc(C(F)(F)F)c(-c2cc3c(s2)COCCS3(O)O)n1. The molecule has 1 aromatic carbocycles. The molecule has 1 amide bonds. The van der Waals surface area contributed by atoms with Crippen LogP contribution in [0.3, 0.4) is 0 Å². The van der Waals surface area contributed by atoms with Crippen LogP contribution < -0.4 is 10.2 Å². The van der Waals surface area contributed by atoms with Crippen LogP contribution in [0.2, 0.25) is 0 Å². The number of hydrogen-bond acceptors (Lipinski definition) is 9. The summed E-state index contributed by atoms with van der Waals surface area (Å²) < 4.78 is 68.5. The number of thiophene rings is 1.